The molecule has 1 unspecified atom stereocenters. The number of nitrogens with one attached hydrogen (secondary N) is 1. The number of amides is 1. The molecule has 0 saturated carbocycles. The zero-order valence-corrected chi connectivity index (χ0v) is 37.6. The molecule has 0 aromatic rings. The molecule has 0 bridgehead atoms. The van der Waals surface area contributed by atoms with Crippen LogP contribution in [0.25, 0.3) is 0 Å². The van der Waals surface area contributed by atoms with Gasteiger partial charge in [-0.05, 0) is 12.8 Å². The molecule has 9 heteroatoms. The number of aliphatic hydroxyl groups is 1. The molecule has 0 aromatic carbocycles. The average Bonchev–Trinajstić information content (AvgIpc) is 3.12. The first kappa shape index (κ1) is 53.5. The summed E-state index contributed by atoms with van der Waals surface area (Å²) in [5.74, 6) is -0.160. The van der Waals surface area contributed by atoms with Crippen LogP contribution in [-0.2, 0) is 18.4 Å². The maximum atomic E-state index is 12.9. The summed E-state index contributed by atoms with van der Waals surface area (Å²) < 4.78 is 23.3. The van der Waals surface area contributed by atoms with E-state index in [1.165, 1.54) is 167 Å². The van der Waals surface area contributed by atoms with Gasteiger partial charge >= 0.3 is 0 Å². The number of nitrogens with zero attached hydrogens (tertiary/aromatic N) is 1. The summed E-state index contributed by atoms with van der Waals surface area (Å²) in [7, 11) is 1.32. The fourth-order valence-corrected chi connectivity index (χ4v) is 7.82. The maximum absolute atomic E-state index is 12.9. The molecule has 0 aromatic heterocycles. The van der Waals surface area contributed by atoms with Crippen LogP contribution in [0.2, 0.25) is 0 Å². The first-order chi connectivity index (χ1) is 26.0. The van der Waals surface area contributed by atoms with E-state index in [1.807, 2.05) is 21.1 Å². The number of unbranched alkanes of at least 4 members (excludes halogenated alkanes) is 30. The third-order valence-electron chi connectivity index (χ3n) is 10.8. The lowest BCUT2D eigenvalue weighted by molar-refractivity contribution is -0.870. The quantitative estimate of drug-likeness (QED) is 0.0362. The van der Waals surface area contributed by atoms with E-state index in [0.29, 0.717) is 23.9 Å². The lowest BCUT2D eigenvalue weighted by Gasteiger charge is -2.30. The van der Waals surface area contributed by atoms with Crippen molar-refractivity contribution in [3.8, 4) is 0 Å². The molecule has 0 aliphatic rings. The van der Waals surface area contributed by atoms with Crippen LogP contribution in [0.1, 0.15) is 232 Å². The van der Waals surface area contributed by atoms with Gasteiger partial charge in [0.15, 0.2) is 0 Å². The normalized spacial score (nSPS) is 14.3. The number of rotatable bonds is 43. The molecular formula is C45H93N2O6P. The van der Waals surface area contributed by atoms with Crippen LogP contribution in [0.4, 0.5) is 0 Å². The van der Waals surface area contributed by atoms with Crippen LogP contribution >= 0.6 is 7.82 Å². The van der Waals surface area contributed by atoms with E-state index in [1.54, 1.807) is 0 Å². The maximum Gasteiger partial charge on any atom is 0.268 e. The second-order valence-corrected chi connectivity index (χ2v) is 18.9. The highest BCUT2D eigenvalue weighted by Gasteiger charge is 2.24. The molecule has 0 spiro atoms. The molecule has 0 radical (unpaired) electrons. The number of hydrogen-bond acceptors (Lipinski definition) is 6. The first-order valence-corrected chi connectivity index (χ1v) is 24.8. The van der Waals surface area contributed by atoms with Crippen LogP contribution in [0.3, 0.4) is 0 Å². The Balaban J connectivity index is 4.26. The van der Waals surface area contributed by atoms with Crippen LogP contribution in [0.5, 0.6) is 0 Å². The van der Waals surface area contributed by atoms with E-state index in [2.05, 4.69) is 19.2 Å². The third kappa shape index (κ3) is 39.7. The highest BCUT2D eigenvalue weighted by Crippen LogP contribution is 2.38. The van der Waals surface area contributed by atoms with Gasteiger partial charge < -0.3 is 28.8 Å². The summed E-state index contributed by atoms with van der Waals surface area (Å²) in [4.78, 5) is 25.3. The molecule has 324 valence electrons. The van der Waals surface area contributed by atoms with Crippen molar-refractivity contribution in [3.05, 3.63) is 0 Å². The zero-order valence-electron chi connectivity index (χ0n) is 36.7. The largest absolute Gasteiger partial charge is 0.756 e. The topological polar surface area (TPSA) is 108 Å². The van der Waals surface area contributed by atoms with Gasteiger partial charge in [0.05, 0.1) is 39.9 Å². The lowest BCUT2D eigenvalue weighted by atomic mass is 10.0. The minimum atomic E-state index is -4.56. The summed E-state index contributed by atoms with van der Waals surface area (Å²) in [6.45, 7) is 4.74. The van der Waals surface area contributed by atoms with Crippen molar-refractivity contribution in [2.45, 2.75) is 244 Å². The zero-order chi connectivity index (χ0) is 40.0. The Hall–Kier alpha value is -0.500. The Labute approximate surface area is 336 Å². The number of phosphoric ester groups is 1. The molecular weight excluding hydrogens is 695 g/mol. The number of carbonyl (C=O) groups excluding carboxylic acids is 1. The van der Waals surface area contributed by atoms with Crippen LogP contribution in [-0.4, -0.2) is 68.5 Å². The Morgan fingerprint density at radius 1 is 0.574 bits per heavy atom. The summed E-state index contributed by atoms with van der Waals surface area (Å²) >= 11 is 0. The number of aliphatic hydroxyl groups excluding tert-OH is 1. The minimum absolute atomic E-state index is 0.0161. The summed E-state index contributed by atoms with van der Waals surface area (Å²) in [6.07, 6.45) is 41.0. The van der Waals surface area contributed by atoms with E-state index < -0.39 is 20.0 Å². The van der Waals surface area contributed by atoms with Gasteiger partial charge in [-0.2, -0.15) is 0 Å². The highest BCUT2D eigenvalue weighted by atomic mass is 31.2. The molecule has 0 saturated heterocycles. The van der Waals surface area contributed by atoms with Gasteiger partial charge in [-0.15, -0.1) is 0 Å². The molecule has 0 rings (SSSR count). The van der Waals surface area contributed by atoms with Gasteiger partial charge in [0, 0.05) is 6.42 Å². The number of likely N-dealkylation sites (N-methyl/N-ethyl adjacent to an activating group) is 1. The predicted octanol–water partition coefficient (Wildman–Crippen LogP) is 12.3. The number of quaternary nitrogens is 1. The third-order valence-corrected chi connectivity index (χ3v) is 11.8. The Morgan fingerprint density at radius 3 is 1.26 bits per heavy atom. The monoisotopic (exact) mass is 789 g/mol. The van der Waals surface area contributed by atoms with Gasteiger partial charge in [0.25, 0.3) is 7.82 Å². The highest BCUT2D eigenvalue weighted by molar-refractivity contribution is 7.45. The molecule has 8 nitrogen and oxygen atoms in total. The van der Waals surface area contributed by atoms with Crippen molar-refractivity contribution < 1.29 is 32.9 Å². The minimum Gasteiger partial charge on any atom is -0.756 e. The van der Waals surface area contributed by atoms with E-state index in [9.17, 15) is 19.4 Å². The van der Waals surface area contributed by atoms with Crippen molar-refractivity contribution in [1.29, 1.82) is 0 Å². The second kappa shape index (κ2) is 38.0. The summed E-state index contributed by atoms with van der Waals surface area (Å²) in [5, 5.41) is 13.9. The smallest absolute Gasteiger partial charge is 0.268 e. The molecule has 0 heterocycles. The van der Waals surface area contributed by atoms with E-state index in [-0.39, 0.29) is 19.1 Å². The molecule has 1 amide bonds. The summed E-state index contributed by atoms with van der Waals surface area (Å²) in [5.41, 5.74) is 0. The average molecular weight is 789 g/mol. The number of hydrogen-bond donors (Lipinski definition) is 2. The molecule has 0 aliphatic heterocycles. The molecule has 2 N–H and O–H groups in total. The van der Waals surface area contributed by atoms with E-state index in [0.717, 1.165) is 38.5 Å². The second-order valence-electron chi connectivity index (χ2n) is 17.5. The number of carbonyl (C=O) groups is 1. The van der Waals surface area contributed by atoms with Gasteiger partial charge in [-0.1, -0.05) is 213 Å². The Morgan fingerprint density at radius 2 is 0.907 bits per heavy atom. The van der Waals surface area contributed by atoms with Crippen molar-refractivity contribution in [2.75, 3.05) is 40.9 Å². The van der Waals surface area contributed by atoms with Gasteiger partial charge in [-0.3, -0.25) is 9.36 Å². The molecule has 0 fully saturated rings. The fraction of sp³-hybridized carbons (Fsp3) is 0.978. The summed E-state index contributed by atoms with van der Waals surface area (Å²) in [6, 6.07) is -0.792. The van der Waals surface area contributed by atoms with Crippen molar-refractivity contribution >= 4 is 13.7 Å². The molecule has 54 heavy (non-hydrogen) atoms. The van der Waals surface area contributed by atoms with Crippen molar-refractivity contribution in [2.24, 2.45) is 0 Å². The SMILES string of the molecule is CCCCCCCCCCCCCCCCCCCCCC(=O)N[C@H](COP(=O)([O-])OCC[N+](C)(C)C)[C@@H](O)CCCCCCCCCCCCCCC. The van der Waals surface area contributed by atoms with Crippen LogP contribution in [0, 0.1) is 0 Å². The standard InChI is InChI=1S/C45H93N2O6P/c1-6-8-10-12-14-16-18-20-21-22-23-24-25-27-29-31-33-35-37-39-45(49)46-43(42-53-54(50,51)52-41-40-47(3,4)5)44(48)38-36-34-32-30-28-26-19-17-15-13-11-9-7-2/h43-44,48H,6-42H2,1-5H3,(H-,46,49,50,51)/t43-,44+/m1/s1. The van der Waals surface area contributed by atoms with Gasteiger partial charge in [-0.25, -0.2) is 0 Å². The lowest BCUT2D eigenvalue weighted by Crippen LogP contribution is -2.46. The van der Waals surface area contributed by atoms with Crippen molar-refractivity contribution in [1.82, 2.24) is 5.32 Å². The van der Waals surface area contributed by atoms with Gasteiger partial charge in [0.1, 0.15) is 13.2 Å². The first-order valence-electron chi connectivity index (χ1n) is 23.4. The predicted molar refractivity (Wildman–Crippen MR) is 229 cm³/mol. The molecule has 3 atom stereocenters. The molecule has 0 aliphatic carbocycles. The van der Waals surface area contributed by atoms with Crippen LogP contribution in [0.15, 0.2) is 0 Å². The Bertz CT molecular complexity index is 855. The number of phosphoric acid groups is 1. The van der Waals surface area contributed by atoms with Crippen LogP contribution < -0.4 is 10.2 Å². The Kier molecular flexibility index (Phi) is 37.7. The van der Waals surface area contributed by atoms with E-state index >= 15 is 0 Å². The van der Waals surface area contributed by atoms with E-state index in [4.69, 9.17) is 9.05 Å². The van der Waals surface area contributed by atoms with Gasteiger partial charge in [0.2, 0.25) is 5.91 Å². The van der Waals surface area contributed by atoms with Crippen molar-refractivity contribution in [3.63, 3.8) is 0 Å². The fourth-order valence-electron chi connectivity index (χ4n) is 7.10.